The zero-order valence-corrected chi connectivity index (χ0v) is 13.3. The van der Waals surface area contributed by atoms with Gasteiger partial charge in [-0.2, -0.15) is 0 Å². The first-order valence-corrected chi connectivity index (χ1v) is 8.20. The molecule has 0 aliphatic carbocycles. The van der Waals surface area contributed by atoms with E-state index in [2.05, 4.69) is 15.5 Å². The molecule has 9 heteroatoms. The fraction of sp³-hybridized carbons (Fsp3) is 0.231. The number of rotatable bonds is 3. The highest BCUT2D eigenvalue weighted by Gasteiger charge is 2.30. The van der Waals surface area contributed by atoms with E-state index in [0.29, 0.717) is 20.8 Å². The molecule has 1 aromatic carbocycles. The van der Waals surface area contributed by atoms with E-state index in [4.69, 9.17) is 5.73 Å². The molecular formula is C13H13N5O2S2. The molecule has 22 heavy (non-hydrogen) atoms. The lowest BCUT2D eigenvalue weighted by atomic mass is 10.2. The van der Waals surface area contributed by atoms with Crippen LogP contribution in [0.4, 0.5) is 16.5 Å². The van der Waals surface area contributed by atoms with Gasteiger partial charge in [-0.05, 0) is 19.1 Å². The van der Waals surface area contributed by atoms with Crippen LogP contribution in [0.25, 0.3) is 0 Å². The van der Waals surface area contributed by atoms with Crippen LogP contribution < -0.4 is 16.0 Å². The Hall–Kier alpha value is -2.13. The van der Waals surface area contributed by atoms with Crippen molar-refractivity contribution in [2.45, 2.75) is 16.5 Å². The van der Waals surface area contributed by atoms with Crippen molar-refractivity contribution in [1.82, 2.24) is 10.2 Å². The second-order valence-corrected chi connectivity index (χ2v) is 7.25. The van der Waals surface area contributed by atoms with Gasteiger partial charge in [0.15, 0.2) is 4.34 Å². The van der Waals surface area contributed by atoms with Gasteiger partial charge >= 0.3 is 0 Å². The van der Waals surface area contributed by atoms with Crippen LogP contribution in [-0.2, 0) is 9.59 Å². The number of carbonyl (C=O) groups excluding carboxylic acids is 2. The Morgan fingerprint density at radius 2 is 2.23 bits per heavy atom. The molecular weight excluding hydrogens is 322 g/mol. The van der Waals surface area contributed by atoms with Crippen molar-refractivity contribution in [3.63, 3.8) is 0 Å². The third-order valence-corrected chi connectivity index (χ3v) is 5.01. The number of nitrogen functional groups attached to an aromatic ring is 1. The number of para-hydroxylation sites is 2. The van der Waals surface area contributed by atoms with Gasteiger partial charge < -0.3 is 11.1 Å². The number of benzene rings is 1. The smallest absolute Gasteiger partial charge is 0.244 e. The maximum atomic E-state index is 12.7. The van der Waals surface area contributed by atoms with Crippen LogP contribution in [0.3, 0.4) is 0 Å². The van der Waals surface area contributed by atoms with Crippen LogP contribution in [0.5, 0.6) is 0 Å². The van der Waals surface area contributed by atoms with Gasteiger partial charge in [0, 0.05) is 0 Å². The number of amides is 2. The first kappa shape index (κ1) is 14.8. The minimum Gasteiger partial charge on any atom is -0.374 e. The highest BCUT2D eigenvalue weighted by Crippen LogP contribution is 2.33. The zero-order chi connectivity index (χ0) is 15.7. The largest absolute Gasteiger partial charge is 0.374 e. The predicted molar refractivity (Wildman–Crippen MR) is 87.1 cm³/mol. The molecule has 0 saturated carbocycles. The molecule has 3 rings (SSSR count). The summed E-state index contributed by atoms with van der Waals surface area (Å²) in [4.78, 5) is 25.9. The predicted octanol–water partition coefficient (Wildman–Crippen LogP) is 1.59. The number of nitrogens with one attached hydrogen (secondary N) is 1. The van der Waals surface area contributed by atoms with Crippen molar-refractivity contribution in [3.8, 4) is 0 Å². The van der Waals surface area contributed by atoms with Crippen molar-refractivity contribution in [2.75, 3.05) is 22.5 Å². The molecule has 114 valence electrons. The average Bonchev–Trinajstić information content (AvgIpc) is 2.90. The van der Waals surface area contributed by atoms with E-state index in [-0.39, 0.29) is 18.4 Å². The van der Waals surface area contributed by atoms with Crippen LogP contribution in [-0.4, -0.2) is 33.8 Å². The lowest BCUT2D eigenvalue weighted by Gasteiger charge is -2.30. The molecule has 0 radical (unpaired) electrons. The summed E-state index contributed by atoms with van der Waals surface area (Å²) in [5, 5.41) is 10.4. The number of nitrogens with zero attached hydrogens (tertiary/aromatic N) is 3. The van der Waals surface area contributed by atoms with E-state index in [1.807, 2.05) is 18.2 Å². The third-order valence-electron chi connectivity index (χ3n) is 3.08. The molecule has 1 unspecified atom stereocenters. The van der Waals surface area contributed by atoms with Crippen LogP contribution in [0.2, 0.25) is 0 Å². The monoisotopic (exact) mass is 335 g/mol. The summed E-state index contributed by atoms with van der Waals surface area (Å²) in [7, 11) is 0. The van der Waals surface area contributed by atoms with E-state index in [1.165, 1.54) is 28.0 Å². The number of aromatic nitrogens is 2. The van der Waals surface area contributed by atoms with E-state index >= 15 is 0 Å². The molecule has 1 atom stereocenters. The summed E-state index contributed by atoms with van der Waals surface area (Å²) >= 11 is 2.52. The van der Waals surface area contributed by atoms with Gasteiger partial charge in [0.25, 0.3) is 0 Å². The number of nitrogens with two attached hydrogens (primary N) is 1. The Labute approximate surface area is 134 Å². The van der Waals surface area contributed by atoms with Crippen molar-refractivity contribution in [3.05, 3.63) is 24.3 Å². The van der Waals surface area contributed by atoms with Gasteiger partial charge in [-0.15, -0.1) is 10.2 Å². The Kier molecular flexibility index (Phi) is 3.99. The normalized spacial score (nSPS) is 15.1. The van der Waals surface area contributed by atoms with Crippen LogP contribution in [0, 0.1) is 0 Å². The van der Waals surface area contributed by atoms with E-state index in [1.54, 1.807) is 13.0 Å². The first-order valence-electron chi connectivity index (χ1n) is 6.50. The average molecular weight is 335 g/mol. The number of thioether (sulfide) groups is 1. The molecule has 1 aliphatic rings. The first-order chi connectivity index (χ1) is 10.5. The molecule has 0 saturated heterocycles. The van der Waals surface area contributed by atoms with Gasteiger partial charge in [-0.25, -0.2) is 0 Å². The van der Waals surface area contributed by atoms with Crippen LogP contribution >= 0.6 is 23.1 Å². The lowest BCUT2D eigenvalue weighted by Crippen LogP contribution is -2.45. The number of hydrogen-bond donors (Lipinski definition) is 2. The molecule has 1 aliphatic heterocycles. The molecule has 0 spiro atoms. The Bertz CT molecular complexity index is 733. The van der Waals surface area contributed by atoms with Gasteiger partial charge in [0.05, 0.1) is 16.6 Å². The topological polar surface area (TPSA) is 101 Å². The Balaban J connectivity index is 1.81. The fourth-order valence-electron chi connectivity index (χ4n) is 2.12. The summed E-state index contributed by atoms with van der Waals surface area (Å²) < 4.78 is 0.632. The van der Waals surface area contributed by atoms with Gasteiger partial charge in [-0.1, -0.05) is 35.2 Å². The van der Waals surface area contributed by atoms with Gasteiger partial charge in [-0.3, -0.25) is 14.5 Å². The molecule has 7 nitrogen and oxygen atoms in total. The Morgan fingerprint density at radius 3 is 2.95 bits per heavy atom. The number of fused-ring (bicyclic) bond motifs is 1. The molecule has 3 N–H and O–H groups in total. The van der Waals surface area contributed by atoms with Gasteiger partial charge in [0.1, 0.15) is 6.54 Å². The second kappa shape index (κ2) is 5.93. The highest BCUT2D eigenvalue weighted by atomic mass is 32.2. The summed E-state index contributed by atoms with van der Waals surface area (Å²) in [5.74, 6) is -0.356. The molecule has 2 amide bonds. The zero-order valence-electron chi connectivity index (χ0n) is 11.6. The van der Waals surface area contributed by atoms with Crippen molar-refractivity contribution < 1.29 is 9.59 Å². The lowest BCUT2D eigenvalue weighted by molar-refractivity contribution is -0.121. The summed E-state index contributed by atoms with van der Waals surface area (Å²) in [6.07, 6.45) is 0. The number of anilines is 3. The van der Waals surface area contributed by atoms with Crippen LogP contribution in [0.15, 0.2) is 28.6 Å². The molecule has 1 aromatic heterocycles. The SMILES string of the molecule is CC(Sc1nnc(N)s1)C(=O)N1CC(=O)Nc2ccccc21. The van der Waals surface area contributed by atoms with Crippen molar-refractivity contribution in [1.29, 1.82) is 0 Å². The third kappa shape index (κ3) is 2.90. The number of hydrogen-bond acceptors (Lipinski definition) is 7. The van der Waals surface area contributed by atoms with E-state index in [9.17, 15) is 9.59 Å². The summed E-state index contributed by atoms with van der Waals surface area (Å²) in [5.41, 5.74) is 6.89. The molecule has 0 fully saturated rings. The Morgan fingerprint density at radius 1 is 1.45 bits per heavy atom. The number of carbonyl (C=O) groups is 2. The summed E-state index contributed by atoms with van der Waals surface area (Å²) in [6, 6.07) is 7.23. The van der Waals surface area contributed by atoms with Crippen molar-refractivity contribution in [2.24, 2.45) is 0 Å². The molecule has 2 heterocycles. The second-order valence-electron chi connectivity index (χ2n) is 4.66. The van der Waals surface area contributed by atoms with Crippen LogP contribution in [0.1, 0.15) is 6.92 Å². The molecule has 0 bridgehead atoms. The van der Waals surface area contributed by atoms with Gasteiger partial charge in [0.2, 0.25) is 16.9 Å². The maximum absolute atomic E-state index is 12.7. The quantitative estimate of drug-likeness (QED) is 0.826. The van der Waals surface area contributed by atoms with Crippen molar-refractivity contribution >= 4 is 51.4 Å². The fourth-order valence-corrected chi connectivity index (χ4v) is 3.96. The minimum absolute atomic E-state index is 0.0129. The molecule has 2 aromatic rings. The standard InChI is InChI=1S/C13H13N5O2S2/c1-7(21-13-17-16-12(14)22-13)11(20)18-6-10(19)15-8-4-2-3-5-9(8)18/h2-5,7H,6H2,1H3,(H2,14,16)(H,15,19). The van der Waals surface area contributed by atoms with E-state index < -0.39 is 5.25 Å². The highest BCUT2D eigenvalue weighted by molar-refractivity contribution is 8.02. The summed E-state index contributed by atoms with van der Waals surface area (Å²) in [6.45, 7) is 1.79. The van der Waals surface area contributed by atoms with E-state index in [0.717, 1.165) is 0 Å². The minimum atomic E-state index is -0.397. The maximum Gasteiger partial charge on any atom is 0.244 e.